The first-order chi connectivity index (χ1) is 15.1. The fraction of sp³-hybridized carbons (Fsp3) is 0.545. The molecule has 0 saturated carbocycles. The van der Waals surface area contributed by atoms with Crippen LogP contribution in [0.3, 0.4) is 0 Å². The van der Waals surface area contributed by atoms with Crippen molar-refractivity contribution >= 4 is 28.7 Å². The molecule has 0 unspecified atom stereocenters. The molecule has 0 atom stereocenters. The van der Waals surface area contributed by atoms with E-state index in [1.807, 2.05) is 23.1 Å². The van der Waals surface area contributed by atoms with Crippen LogP contribution < -0.4 is 4.90 Å². The van der Waals surface area contributed by atoms with E-state index in [9.17, 15) is 9.59 Å². The average Bonchev–Trinajstić information content (AvgIpc) is 3.28. The number of hydrogen-bond donors (Lipinski definition) is 0. The van der Waals surface area contributed by atoms with E-state index in [1.54, 1.807) is 11.8 Å². The number of aromatic nitrogens is 2. The minimum atomic E-state index is -0.286. The Kier molecular flexibility index (Phi) is 7.01. The van der Waals surface area contributed by atoms with Gasteiger partial charge in [0.15, 0.2) is 0 Å². The average molecular weight is 444 g/mol. The Morgan fingerprint density at radius 1 is 1.03 bits per heavy atom. The normalized spacial score (nSPS) is 17.6. The number of benzene rings is 1. The fourth-order valence-corrected chi connectivity index (χ4v) is 4.86. The topological polar surface area (TPSA) is 78.9 Å². The molecule has 0 bridgehead atoms. The molecule has 166 valence electrons. The number of ether oxygens (including phenoxy) is 1. The van der Waals surface area contributed by atoms with Crippen LogP contribution in [0.2, 0.25) is 0 Å². The third-order valence-electron chi connectivity index (χ3n) is 5.89. The number of hydrogen-bond acceptors (Lipinski definition) is 7. The van der Waals surface area contributed by atoms with Crippen LogP contribution in [0.5, 0.6) is 0 Å². The summed E-state index contributed by atoms with van der Waals surface area (Å²) in [6.07, 6.45) is 2.10. The lowest BCUT2D eigenvalue weighted by molar-refractivity contribution is -0.137. The van der Waals surface area contributed by atoms with E-state index in [-0.39, 0.29) is 17.9 Å². The molecule has 0 N–H and O–H groups in total. The van der Waals surface area contributed by atoms with Gasteiger partial charge in [0.05, 0.1) is 6.61 Å². The van der Waals surface area contributed by atoms with Crippen molar-refractivity contribution in [2.75, 3.05) is 50.8 Å². The molecule has 2 aliphatic rings. The van der Waals surface area contributed by atoms with Gasteiger partial charge in [-0.2, -0.15) is 4.37 Å². The van der Waals surface area contributed by atoms with Crippen LogP contribution in [-0.4, -0.2) is 77.0 Å². The Morgan fingerprint density at radius 3 is 2.39 bits per heavy atom. The van der Waals surface area contributed by atoms with E-state index in [2.05, 4.69) is 21.4 Å². The summed E-state index contributed by atoms with van der Waals surface area (Å²) < 4.78 is 9.57. The lowest BCUT2D eigenvalue weighted by Gasteiger charge is -2.38. The van der Waals surface area contributed by atoms with E-state index >= 15 is 0 Å². The Labute approximate surface area is 187 Å². The maximum absolute atomic E-state index is 13.0. The van der Waals surface area contributed by atoms with Crippen LogP contribution >= 0.6 is 11.5 Å². The molecule has 2 aromatic rings. The highest BCUT2D eigenvalue weighted by molar-refractivity contribution is 7.09. The first kappa shape index (κ1) is 21.5. The molecular weight excluding hydrogens is 414 g/mol. The molecule has 2 amide bonds. The lowest BCUT2D eigenvalue weighted by Crippen LogP contribution is -2.53. The molecule has 1 aromatic heterocycles. The predicted octanol–water partition coefficient (Wildman–Crippen LogP) is 2.65. The molecule has 4 rings (SSSR count). The van der Waals surface area contributed by atoms with Crippen LogP contribution in [0.15, 0.2) is 30.3 Å². The van der Waals surface area contributed by atoms with Gasteiger partial charge in [-0.15, -0.1) is 0 Å². The molecule has 0 spiro atoms. The van der Waals surface area contributed by atoms with Gasteiger partial charge in [-0.25, -0.2) is 9.78 Å². The van der Waals surface area contributed by atoms with Crippen LogP contribution in [0, 0.1) is 5.92 Å². The van der Waals surface area contributed by atoms with Gasteiger partial charge in [0.25, 0.3) is 0 Å². The molecule has 2 aliphatic heterocycles. The molecule has 31 heavy (non-hydrogen) atoms. The Balaban J connectivity index is 1.24. The molecule has 3 heterocycles. The van der Waals surface area contributed by atoms with Crippen molar-refractivity contribution in [3.63, 3.8) is 0 Å². The zero-order chi connectivity index (χ0) is 21.6. The van der Waals surface area contributed by atoms with E-state index in [0.717, 1.165) is 43.3 Å². The number of carbonyl (C=O) groups excluding carboxylic acids is 2. The first-order valence-electron chi connectivity index (χ1n) is 11.0. The van der Waals surface area contributed by atoms with E-state index in [4.69, 9.17) is 9.72 Å². The van der Waals surface area contributed by atoms with Crippen molar-refractivity contribution < 1.29 is 14.3 Å². The summed E-state index contributed by atoms with van der Waals surface area (Å²) in [7, 11) is 0. The number of piperazine rings is 1. The van der Waals surface area contributed by atoms with Crippen molar-refractivity contribution in [2.45, 2.75) is 26.2 Å². The number of nitrogens with zero attached hydrogens (tertiary/aromatic N) is 5. The largest absolute Gasteiger partial charge is 0.450 e. The quantitative estimate of drug-likeness (QED) is 0.707. The number of rotatable bonds is 5. The first-order valence-corrected chi connectivity index (χ1v) is 11.7. The fourth-order valence-electron chi connectivity index (χ4n) is 4.12. The zero-order valence-corrected chi connectivity index (χ0v) is 18.7. The number of amides is 2. The summed E-state index contributed by atoms with van der Waals surface area (Å²) >= 11 is 1.44. The maximum atomic E-state index is 13.0. The van der Waals surface area contributed by atoms with Crippen LogP contribution in [0.4, 0.5) is 9.93 Å². The highest BCUT2D eigenvalue weighted by Crippen LogP contribution is 2.26. The van der Waals surface area contributed by atoms with Gasteiger partial charge in [-0.3, -0.25) is 4.79 Å². The summed E-state index contributed by atoms with van der Waals surface area (Å²) in [6.45, 7) is 6.05. The van der Waals surface area contributed by atoms with Gasteiger partial charge < -0.3 is 19.4 Å². The third-order valence-corrected chi connectivity index (χ3v) is 6.71. The smallest absolute Gasteiger partial charge is 0.409 e. The van der Waals surface area contributed by atoms with Gasteiger partial charge in [0.1, 0.15) is 5.82 Å². The number of carbonyl (C=O) groups is 2. The minimum absolute atomic E-state index is 0.0436. The summed E-state index contributed by atoms with van der Waals surface area (Å²) in [5.41, 5.74) is 1.21. The number of piperidine rings is 1. The Bertz CT molecular complexity index is 874. The second-order valence-corrected chi connectivity index (χ2v) is 8.66. The SMILES string of the molecule is CCOC(=O)N1CCN(C(=O)C2CCN(c3nc(Cc4ccccc4)ns3)CC2)CC1. The molecule has 0 aliphatic carbocycles. The summed E-state index contributed by atoms with van der Waals surface area (Å²) in [5, 5.41) is 0.944. The predicted molar refractivity (Wildman–Crippen MR) is 119 cm³/mol. The lowest BCUT2D eigenvalue weighted by atomic mass is 9.95. The summed E-state index contributed by atoms with van der Waals surface area (Å²) in [4.78, 5) is 35.3. The van der Waals surface area contributed by atoms with E-state index < -0.39 is 0 Å². The van der Waals surface area contributed by atoms with E-state index in [0.29, 0.717) is 32.8 Å². The molecule has 9 heteroatoms. The maximum Gasteiger partial charge on any atom is 0.409 e. The van der Waals surface area contributed by atoms with Crippen molar-refractivity contribution in [3.05, 3.63) is 41.7 Å². The molecule has 0 radical (unpaired) electrons. The molecule has 1 aromatic carbocycles. The minimum Gasteiger partial charge on any atom is -0.450 e. The zero-order valence-electron chi connectivity index (χ0n) is 17.9. The Hall–Kier alpha value is -2.68. The molecule has 2 saturated heterocycles. The highest BCUT2D eigenvalue weighted by Gasteiger charge is 2.32. The van der Waals surface area contributed by atoms with Gasteiger partial charge in [0.2, 0.25) is 11.0 Å². The van der Waals surface area contributed by atoms with Crippen LogP contribution in [0.1, 0.15) is 31.2 Å². The second kappa shape index (κ2) is 10.1. The van der Waals surface area contributed by atoms with Crippen LogP contribution in [-0.2, 0) is 16.0 Å². The van der Waals surface area contributed by atoms with Crippen molar-refractivity contribution in [3.8, 4) is 0 Å². The van der Waals surface area contributed by atoms with E-state index in [1.165, 1.54) is 17.1 Å². The van der Waals surface area contributed by atoms with Gasteiger partial charge in [-0.05, 0) is 25.3 Å². The summed E-state index contributed by atoms with van der Waals surface area (Å²) in [5.74, 6) is 1.11. The molecule has 2 fully saturated rings. The van der Waals surface area contributed by atoms with Crippen LogP contribution in [0.25, 0.3) is 0 Å². The third kappa shape index (κ3) is 5.33. The standard InChI is InChI=1S/C22H29N5O3S/c1-2-30-22(29)27-14-12-25(13-15-27)20(28)18-8-10-26(11-9-18)21-23-19(24-31-21)16-17-6-4-3-5-7-17/h3-7,18H,2,8-16H2,1H3. The van der Waals surface area contributed by atoms with Crippen molar-refractivity contribution in [1.29, 1.82) is 0 Å². The Morgan fingerprint density at radius 2 is 1.71 bits per heavy atom. The van der Waals surface area contributed by atoms with Crippen molar-refractivity contribution in [1.82, 2.24) is 19.2 Å². The van der Waals surface area contributed by atoms with Gasteiger partial charge >= 0.3 is 6.09 Å². The molecule has 8 nitrogen and oxygen atoms in total. The number of anilines is 1. The monoisotopic (exact) mass is 443 g/mol. The summed E-state index contributed by atoms with van der Waals surface area (Å²) in [6, 6.07) is 10.2. The van der Waals surface area contributed by atoms with Crippen molar-refractivity contribution in [2.24, 2.45) is 5.92 Å². The van der Waals surface area contributed by atoms with Gasteiger partial charge in [-0.1, -0.05) is 30.3 Å². The van der Waals surface area contributed by atoms with Gasteiger partial charge in [0, 0.05) is 63.1 Å². The second-order valence-electron chi connectivity index (χ2n) is 7.93. The molecular formula is C22H29N5O3S. The highest BCUT2D eigenvalue weighted by atomic mass is 32.1.